The number of rotatable bonds is 2. The van der Waals surface area contributed by atoms with Gasteiger partial charge < -0.3 is 20.3 Å². The summed E-state index contributed by atoms with van der Waals surface area (Å²) in [6.45, 7) is 9.36. The summed E-state index contributed by atoms with van der Waals surface area (Å²) in [6.07, 6.45) is 0.414. The molecule has 8 heteroatoms. The van der Waals surface area contributed by atoms with E-state index in [9.17, 15) is 4.79 Å². The molecule has 0 aromatic carbocycles. The predicted molar refractivity (Wildman–Crippen MR) is 88.8 cm³/mol. The average molecular weight is 325 g/mol. The fraction of sp³-hybridized carbons (Fsp3) is 0.643. The first kappa shape index (κ1) is 16.5. The zero-order valence-electron chi connectivity index (χ0n) is 13.4. The maximum Gasteiger partial charge on any atom is 0.410 e. The summed E-state index contributed by atoms with van der Waals surface area (Å²) in [5, 5.41) is 13.8. The van der Waals surface area contributed by atoms with Gasteiger partial charge in [0.25, 0.3) is 0 Å². The van der Waals surface area contributed by atoms with Crippen molar-refractivity contribution in [2.24, 2.45) is 0 Å². The van der Waals surface area contributed by atoms with Gasteiger partial charge in [0, 0.05) is 30.8 Å². The van der Waals surface area contributed by atoms with Crippen molar-refractivity contribution >= 4 is 29.2 Å². The average Bonchev–Trinajstić information content (AvgIpc) is 2.79. The van der Waals surface area contributed by atoms with Gasteiger partial charge in [0.15, 0.2) is 10.9 Å². The van der Waals surface area contributed by atoms with E-state index >= 15 is 0 Å². The third kappa shape index (κ3) is 4.09. The maximum atomic E-state index is 12.2. The van der Waals surface area contributed by atoms with Crippen LogP contribution >= 0.6 is 12.2 Å². The molecule has 0 fully saturated rings. The lowest BCUT2D eigenvalue weighted by molar-refractivity contribution is 0.0224. The first-order valence-corrected chi connectivity index (χ1v) is 7.80. The van der Waals surface area contributed by atoms with E-state index in [2.05, 4.69) is 20.8 Å². The summed E-state index contributed by atoms with van der Waals surface area (Å²) in [5.41, 5.74) is 1.49. The summed E-state index contributed by atoms with van der Waals surface area (Å²) >= 11 is 5.18. The summed E-state index contributed by atoms with van der Waals surface area (Å²) in [5.74, 6) is 0.661. The summed E-state index contributed by atoms with van der Waals surface area (Å²) in [4.78, 5) is 13.9. The van der Waals surface area contributed by atoms with Crippen LogP contribution in [0.3, 0.4) is 0 Å². The third-order valence-corrected chi connectivity index (χ3v) is 3.40. The lowest BCUT2D eigenvalue weighted by Crippen LogP contribution is -2.40. The van der Waals surface area contributed by atoms with Gasteiger partial charge in [-0.2, -0.15) is 5.10 Å². The van der Waals surface area contributed by atoms with Crippen LogP contribution in [0.15, 0.2) is 0 Å². The molecule has 1 aromatic rings. The molecule has 0 atom stereocenters. The Morgan fingerprint density at radius 1 is 1.50 bits per heavy atom. The number of hydrogen-bond donors (Lipinski definition) is 3. The van der Waals surface area contributed by atoms with E-state index in [1.54, 1.807) is 4.90 Å². The number of H-pyrrole nitrogens is 1. The Bertz CT molecular complexity index is 564. The molecule has 3 N–H and O–H groups in total. The molecule has 0 unspecified atom stereocenters. The second-order valence-corrected chi connectivity index (χ2v) is 6.57. The zero-order valence-corrected chi connectivity index (χ0v) is 14.3. The van der Waals surface area contributed by atoms with Gasteiger partial charge in [-0.05, 0) is 39.9 Å². The number of carbonyl (C=O) groups excluding carboxylic acids is 1. The van der Waals surface area contributed by atoms with Crippen molar-refractivity contribution < 1.29 is 9.53 Å². The van der Waals surface area contributed by atoms with E-state index < -0.39 is 5.60 Å². The minimum atomic E-state index is -0.499. The fourth-order valence-electron chi connectivity index (χ4n) is 2.19. The quantitative estimate of drug-likeness (QED) is 0.722. The van der Waals surface area contributed by atoms with Gasteiger partial charge in [0.1, 0.15) is 5.60 Å². The monoisotopic (exact) mass is 325 g/mol. The van der Waals surface area contributed by atoms with Gasteiger partial charge in [0.05, 0.1) is 6.54 Å². The van der Waals surface area contributed by atoms with Gasteiger partial charge in [-0.15, -0.1) is 0 Å². The number of nitrogens with zero attached hydrogens (tertiary/aromatic N) is 2. The lowest BCUT2D eigenvalue weighted by atomic mass is 10.1. The van der Waals surface area contributed by atoms with Crippen LogP contribution in [0.5, 0.6) is 0 Å². The molecule has 0 saturated carbocycles. The number of hydrogen-bond acceptors (Lipinski definition) is 4. The molecule has 0 saturated heterocycles. The molecule has 2 rings (SSSR count). The van der Waals surface area contributed by atoms with Crippen molar-refractivity contribution in [2.75, 3.05) is 18.4 Å². The summed E-state index contributed by atoms with van der Waals surface area (Å²) in [6, 6.07) is 0. The molecule has 0 aliphatic carbocycles. The van der Waals surface area contributed by atoms with Crippen LogP contribution in [-0.2, 0) is 17.7 Å². The van der Waals surface area contributed by atoms with E-state index in [4.69, 9.17) is 17.0 Å². The Balaban J connectivity index is 2.07. The molecule has 22 heavy (non-hydrogen) atoms. The van der Waals surface area contributed by atoms with Crippen molar-refractivity contribution in [3.8, 4) is 0 Å². The Kier molecular flexibility index (Phi) is 4.90. The van der Waals surface area contributed by atoms with Crippen LogP contribution in [0.1, 0.15) is 39.0 Å². The first-order chi connectivity index (χ1) is 10.3. The highest BCUT2D eigenvalue weighted by molar-refractivity contribution is 7.80. The highest BCUT2D eigenvalue weighted by atomic mass is 32.1. The Morgan fingerprint density at radius 3 is 2.86 bits per heavy atom. The van der Waals surface area contributed by atoms with Gasteiger partial charge in [0.2, 0.25) is 0 Å². The molecule has 0 spiro atoms. The normalized spacial score (nSPS) is 14.3. The number of nitrogens with one attached hydrogen (secondary N) is 3. The van der Waals surface area contributed by atoms with Crippen LogP contribution in [0.25, 0.3) is 0 Å². The Labute approximate surface area is 135 Å². The molecule has 1 aromatic heterocycles. The van der Waals surface area contributed by atoms with Crippen LogP contribution in [0.2, 0.25) is 0 Å². The van der Waals surface area contributed by atoms with Crippen molar-refractivity contribution in [3.63, 3.8) is 0 Å². The molecule has 7 nitrogen and oxygen atoms in total. The minimum Gasteiger partial charge on any atom is -0.444 e. The topological polar surface area (TPSA) is 82.3 Å². The van der Waals surface area contributed by atoms with E-state index in [1.165, 1.54) is 0 Å². The van der Waals surface area contributed by atoms with E-state index in [1.807, 2.05) is 27.7 Å². The Morgan fingerprint density at radius 2 is 2.23 bits per heavy atom. The number of fused-ring (bicyclic) bond motifs is 1. The smallest absolute Gasteiger partial charge is 0.410 e. The van der Waals surface area contributed by atoms with E-state index in [0.29, 0.717) is 24.0 Å². The zero-order chi connectivity index (χ0) is 16.3. The van der Waals surface area contributed by atoms with Crippen molar-refractivity contribution in [1.29, 1.82) is 0 Å². The molecular weight excluding hydrogens is 302 g/mol. The third-order valence-electron chi connectivity index (χ3n) is 3.15. The number of ether oxygens (including phenoxy) is 1. The van der Waals surface area contributed by atoms with Gasteiger partial charge in [-0.3, -0.25) is 5.10 Å². The molecule has 1 amide bonds. The van der Waals surface area contributed by atoms with Crippen LogP contribution in [0, 0.1) is 0 Å². The highest BCUT2D eigenvalue weighted by Gasteiger charge is 2.28. The number of thiocarbonyl (C=S) groups is 1. The molecule has 122 valence electrons. The number of aromatic amines is 1. The van der Waals surface area contributed by atoms with Crippen LogP contribution in [-0.4, -0.2) is 45.0 Å². The molecule has 1 aliphatic heterocycles. The van der Waals surface area contributed by atoms with Crippen LogP contribution < -0.4 is 10.6 Å². The van der Waals surface area contributed by atoms with Gasteiger partial charge >= 0.3 is 6.09 Å². The number of carbonyl (C=O) groups is 1. The molecule has 1 aliphatic rings. The Hall–Kier alpha value is -1.83. The maximum absolute atomic E-state index is 12.2. The SMILES string of the molecule is CCNC(=S)Nc1n[nH]c2c1CN(C(=O)OC(C)(C)C)CC2. The van der Waals surface area contributed by atoms with Gasteiger partial charge in [-0.1, -0.05) is 0 Å². The molecule has 0 radical (unpaired) electrons. The largest absolute Gasteiger partial charge is 0.444 e. The highest BCUT2D eigenvalue weighted by Crippen LogP contribution is 2.25. The van der Waals surface area contributed by atoms with E-state index in [-0.39, 0.29) is 6.09 Å². The van der Waals surface area contributed by atoms with Crippen molar-refractivity contribution in [1.82, 2.24) is 20.4 Å². The fourth-order valence-corrected chi connectivity index (χ4v) is 2.43. The first-order valence-electron chi connectivity index (χ1n) is 7.39. The summed E-state index contributed by atoms with van der Waals surface area (Å²) in [7, 11) is 0. The number of aromatic nitrogens is 2. The molecular formula is C14H23N5O2S. The standard InChI is InChI=1S/C14H23N5O2S/c1-5-15-12(22)16-11-9-8-19(7-6-10(9)17-18-11)13(20)21-14(2,3)4/h5-8H2,1-4H3,(H3,15,16,17,18,22). The predicted octanol–water partition coefficient (Wildman–Crippen LogP) is 2.01. The van der Waals surface area contributed by atoms with E-state index in [0.717, 1.165) is 24.2 Å². The second kappa shape index (κ2) is 6.51. The molecule has 0 bridgehead atoms. The lowest BCUT2D eigenvalue weighted by Gasteiger charge is -2.30. The van der Waals surface area contributed by atoms with Crippen molar-refractivity contribution in [2.45, 2.75) is 46.3 Å². The molecule has 2 heterocycles. The minimum absolute atomic E-state index is 0.306. The number of anilines is 1. The van der Waals surface area contributed by atoms with Crippen molar-refractivity contribution in [3.05, 3.63) is 11.3 Å². The number of amides is 1. The van der Waals surface area contributed by atoms with Crippen LogP contribution in [0.4, 0.5) is 10.6 Å². The second-order valence-electron chi connectivity index (χ2n) is 6.17. The summed E-state index contributed by atoms with van der Waals surface area (Å²) < 4.78 is 5.43. The van der Waals surface area contributed by atoms with Gasteiger partial charge in [-0.25, -0.2) is 4.79 Å².